The van der Waals surface area contributed by atoms with E-state index in [0.717, 1.165) is 12.1 Å². The van der Waals surface area contributed by atoms with Crippen LogP contribution in [0.15, 0.2) is 36.4 Å². The third-order valence-corrected chi connectivity index (χ3v) is 2.89. The summed E-state index contributed by atoms with van der Waals surface area (Å²) in [5.41, 5.74) is -0.0136. The molecule has 0 unspecified atom stereocenters. The van der Waals surface area contributed by atoms with E-state index in [0.29, 0.717) is 5.56 Å². The highest BCUT2D eigenvalue weighted by molar-refractivity contribution is 6.29. The molecule has 0 aliphatic heterocycles. The van der Waals surface area contributed by atoms with Crippen molar-refractivity contribution in [2.45, 2.75) is 12.6 Å². The van der Waals surface area contributed by atoms with Gasteiger partial charge in [-0.2, -0.15) is 13.2 Å². The smallest absolute Gasteiger partial charge is 0.416 e. The Morgan fingerprint density at radius 3 is 2.57 bits per heavy atom. The van der Waals surface area contributed by atoms with Gasteiger partial charge in [0.15, 0.2) is 0 Å². The Morgan fingerprint density at radius 2 is 1.95 bits per heavy atom. The molecule has 0 aliphatic rings. The van der Waals surface area contributed by atoms with Gasteiger partial charge in [-0.1, -0.05) is 23.7 Å². The lowest BCUT2D eigenvalue weighted by Crippen LogP contribution is -2.05. The molecule has 0 radical (unpaired) electrons. The molecule has 0 bridgehead atoms. The molecule has 1 aromatic heterocycles. The molecule has 0 amide bonds. The Bertz CT molecular complexity index is 686. The van der Waals surface area contributed by atoms with E-state index in [9.17, 15) is 18.0 Å². The summed E-state index contributed by atoms with van der Waals surface area (Å²) in [6, 6.07) is 7.40. The standard InChI is InChI=1S/C14H9ClF3NO2/c15-12-5-8(6-13(20)21)4-11(19-12)9-2-1-3-10(7-9)14(16,17)18/h1-5,7H,6H2,(H,20,21). The predicted octanol–water partition coefficient (Wildman–Crippen LogP) is 4.05. The molecular formula is C14H9ClF3NO2. The largest absolute Gasteiger partial charge is 0.481 e. The van der Waals surface area contributed by atoms with Gasteiger partial charge in [0.2, 0.25) is 0 Å². The number of carboxylic acid groups (broad SMARTS) is 1. The van der Waals surface area contributed by atoms with Crippen molar-refractivity contribution in [1.29, 1.82) is 0 Å². The molecule has 0 aliphatic carbocycles. The molecule has 3 nitrogen and oxygen atoms in total. The lowest BCUT2D eigenvalue weighted by atomic mass is 10.0. The fourth-order valence-corrected chi connectivity index (χ4v) is 2.06. The number of benzene rings is 1. The molecule has 1 heterocycles. The molecule has 2 aromatic rings. The van der Waals surface area contributed by atoms with Gasteiger partial charge in [0.1, 0.15) is 5.15 Å². The summed E-state index contributed by atoms with van der Waals surface area (Å²) in [5, 5.41) is 8.79. The van der Waals surface area contributed by atoms with Crippen LogP contribution in [0.2, 0.25) is 5.15 Å². The van der Waals surface area contributed by atoms with E-state index < -0.39 is 17.7 Å². The van der Waals surface area contributed by atoms with Gasteiger partial charge in [-0.05, 0) is 29.8 Å². The van der Waals surface area contributed by atoms with Crippen LogP contribution in [0.25, 0.3) is 11.3 Å². The van der Waals surface area contributed by atoms with Gasteiger partial charge < -0.3 is 5.11 Å². The van der Waals surface area contributed by atoms with Crippen molar-refractivity contribution in [3.05, 3.63) is 52.7 Å². The highest BCUT2D eigenvalue weighted by atomic mass is 35.5. The number of aliphatic carboxylic acids is 1. The number of carbonyl (C=O) groups is 1. The second-order valence-electron chi connectivity index (χ2n) is 4.33. The maximum atomic E-state index is 12.7. The Morgan fingerprint density at radius 1 is 1.24 bits per heavy atom. The summed E-state index contributed by atoms with van der Waals surface area (Å²) >= 11 is 5.79. The molecular weight excluding hydrogens is 307 g/mol. The highest BCUT2D eigenvalue weighted by Crippen LogP contribution is 2.32. The van der Waals surface area contributed by atoms with Crippen LogP contribution in [0.1, 0.15) is 11.1 Å². The zero-order valence-corrected chi connectivity index (χ0v) is 11.2. The lowest BCUT2D eigenvalue weighted by molar-refractivity contribution is -0.138. The molecule has 0 spiro atoms. The van der Waals surface area contributed by atoms with E-state index in [1.54, 1.807) is 0 Å². The van der Waals surface area contributed by atoms with Gasteiger partial charge in [0.05, 0.1) is 17.7 Å². The van der Waals surface area contributed by atoms with Crippen molar-refractivity contribution in [3.8, 4) is 11.3 Å². The van der Waals surface area contributed by atoms with Crippen LogP contribution in [-0.2, 0) is 17.4 Å². The molecule has 0 saturated heterocycles. The topological polar surface area (TPSA) is 50.2 Å². The second-order valence-corrected chi connectivity index (χ2v) is 4.72. The van der Waals surface area contributed by atoms with Crippen LogP contribution in [0.4, 0.5) is 13.2 Å². The maximum absolute atomic E-state index is 12.7. The number of alkyl halides is 3. The van der Waals surface area contributed by atoms with Crippen molar-refractivity contribution in [2.75, 3.05) is 0 Å². The van der Waals surface area contributed by atoms with Crippen molar-refractivity contribution in [3.63, 3.8) is 0 Å². The van der Waals surface area contributed by atoms with E-state index in [1.165, 1.54) is 24.3 Å². The van der Waals surface area contributed by atoms with Crippen LogP contribution < -0.4 is 0 Å². The fourth-order valence-electron chi connectivity index (χ4n) is 1.83. The van der Waals surface area contributed by atoms with E-state index >= 15 is 0 Å². The van der Waals surface area contributed by atoms with E-state index in [-0.39, 0.29) is 22.8 Å². The molecule has 0 atom stereocenters. The Balaban J connectivity index is 2.46. The van der Waals surface area contributed by atoms with Gasteiger partial charge in [0, 0.05) is 5.56 Å². The number of rotatable bonds is 3. The first-order valence-corrected chi connectivity index (χ1v) is 6.19. The van der Waals surface area contributed by atoms with Gasteiger partial charge in [-0.15, -0.1) is 0 Å². The molecule has 0 fully saturated rings. The molecule has 21 heavy (non-hydrogen) atoms. The van der Waals surface area contributed by atoms with Gasteiger partial charge in [-0.25, -0.2) is 4.98 Å². The number of nitrogens with zero attached hydrogens (tertiary/aromatic N) is 1. The summed E-state index contributed by atoms with van der Waals surface area (Å²) in [7, 11) is 0. The maximum Gasteiger partial charge on any atom is 0.416 e. The van der Waals surface area contributed by atoms with Crippen LogP contribution in [-0.4, -0.2) is 16.1 Å². The normalized spacial score (nSPS) is 11.4. The highest BCUT2D eigenvalue weighted by Gasteiger charge is 2.30. The molecule has 2 rings (SSSR count). The third kappa shape index (κ3) is 3.95. The molecule has 7 heteroatoms. The minimum atomic E-state index is -4.46. The van der Waals surface area contributed by atoms with E-state index in [1.807, 2.05) is 0 Å². The zero-order valence-electron chi connectivity index (χ0n) is 10.5. The first-order chi connectivity index (χ1) is 9.75. The summed E-state index contributed by atoms with van der Waals surface area (Å²) < 4.78 is 38.1. The van der Waals surface area contributed by atoms with Crippen molar-refractivity contribution < 1.29 is 23.1 Å². The molecule has 0 saturated carbocycles. The SMILES string of the molecule is O=C(O)Cc1cc(Cl)nc(-c2cccc(C(F)(F)F)c2)c1. The number of hydrogen-bond donors (Lipinski definition) is 1. The Hall–Kier alpha value is -2.08. The summed E-state index contributed by atoms with van der Waals surface area (Å²) in [6.45, 7) is 0. The number of aromatic nitrogens is 1. The summed E-state index contributed by atoms with van der Waals surface area (Å²) in [6.07, 6.45) is -4.74. The number of hydrogen-bond acceptors (Lipinski definition) is 2. The van der Waals surface area contributed by atoms with Crippen LogP contribution in [0, 0.1) is 0 Å². The first kappa shape index (κ1) is 15.3. The van der Waals surface area contributed by atoms with Gasteiger partial charge >= 0.3 is 12.1 Å². The Kier molecular flexibility index (Phi) is 4.18. The first-order valence-electron chi connectivity index (χ1n) is 5.81. The lowest BCUT2D eigenvalue weighted by Gasteiger charge is -2.09. The van der Waals surface area contributed by atoms with Crippen LogP contribution in [0.3, 0.4) is 0 Å². The predicted molar refractivity (Wildman–Crippen MR) is 71.0 cm³/mol. The second kappa shape index (κ2) is 5.73. The zero-order chi connectivity index (χ0) is 15.6. The van der Waals surface area contributed by atoms with E-state index in [4.69, 9.17) is 16.7 Å². The minimum Gasteiger partial charge on any atom is -0.481 e. The number of halogens is 4. The average molecular weight is 316 g/mol. The third-order valence-electron chi connectivity index (χ3n) is 2.69. The number of pyridine rings is 1. The Labute approximate surface area is 123 Å². The fraction of sp³-hybridized carbons (Fsp3) is 0.143. The van der Waals surface area contributed by atoms with Crippen molar-refractivity contribution in [1.82, 2.24) is 4.98 Å². The van der Waals surface area contributed by atoms with Crippen LogP contribution >= 0.6 is 11.6 Å². The minimum absolute atomic E-state index is 0.0289. The summed E-state index contributed by atoms with van der Waals surface area (Å²) in [4.78, 5) is 14.6. The van der Waals surface area contributed by atoms with Crippen molar-refractivity contribution in [2.24, 2.45) is 0 Å². The van der Waals surface area contributed by atoms with Crippen molar-refractivity contribution >= 4 is 17.6 Å². The van der Waals surface area contributed by atoms with Crippen LogP contribution in [0.5, 0.6) is 0 Å². The quantitative estimate of drug-likeness (QED) is 0.869. The van der Waals surface area contributed by atoms with E-state index in [2.05, 4.69) is 4.98 Å². The molecule has 1 N–H and O–H groups in total. The number of carboxylic acids is 1. The monoisotopic (exact) mass is 315 g/mol. The molecule has 1 aromatic carbocycles. The summed E-state index contributed by atoms with van der Waals surface area (Å²) in [5.74, 6) is -1.06. The van der Waals surface area contributed by atoms with Gasteiger partial charge in [-0.3, -0.25) is 4.79 Å². The van der Waals surface area contributed by atoms with Gasteiger partial charge in [0.25, 0.3) is 0 Å². The average Bonchev–Trinajstić information content (AvgIpc) is 2.36. The molecule has 110 valence electrons.